The zero-order chi connectivity index (χ0) is 18.0. The van der Waals surface area contributed by atoms with Crippen LogP contribution in [0.1, 0.15) is 35.9 Å². The molecule has 0 aliphatic carbocycles. The monoisotopic (exact) mass is 335 g/mol. The van der Waals surface area contributed by atoms with Crippen molar-refractivity contribution in [3.05, 3.63) is 59.9 Å². The van der Waals surface area contributed by atoms with Gasteiger partial charge in [0.15, 0.2) is 11.5 Å². The zero-order valence-electron chi connectivity index (χ0n) is 14.8. The van der Waals surface area contributed by atoms with Crippen LogP contribution in [-0.2, 0) is 7.05 Å². The van der Waals surface area contributed by atoms with Gasteiger partial charge in [-0.2, -0.15) is 5.10 Å². The molecule has 2 heterocycles. The molecule has 0 radical (unpaired) electrons. The van der Waals surface area contributed by atoms with Crippen LogP contribution in [0.4, 0.5) is 5.82 Å². The fourth-order valence-corrected chi connectivity index (χ4v) is 2.67. The van der Waals surface area contributed by atoms with E-state index in [9.17, 15) is 4.79 Å². The Labute approximate surface area is 147 Å². The quantitative estimate of drug-likeness (QED) is 0.734. The molecule has 0 unspecified atom stereocenters. The van der Waals surface area contributed by atoms with Crippen LogP contribution in [0.5, 0.6) is 0 Å². The number of carbonyl (C=O) groups is 1. The Kier molecular flexibility index (Phi) is 4.61. The summed E-state index contributed by atoms with van der Waals surface area (Å²) in [5.41, 5.74) is 3.18. The Morgan fingerprint density at radius 2 is 1.80 bits per heavy atom. The average Bonchev–Trinajstić information content (AvgIpc) is 3.03. The fraction of sp³-hybridized carbons (Fsp3) is 0.263. The molecule has 3 rings (SSSR count). The minimum absolute atomic E-state index is 0.204. The van der Waals surface area contributed by atoms with E-state index in [-0.39, 0.29) is 5.91 Å². The van der Waals surface area contributed by atoms with Crippen molar-refractivity contribution in [2.75, 3.05) is 11.9 Å². The molecule has 6 nitrogen and oxygen atoms in total. The summed E-state index contributed by atoms with van der Waals surface area (Å²) in [7, 11) is 3.53. The summed E-state index contributed by atoms with van der Waals surface area (Å²) in [6, 6.07) is 15.3. The summed E-state index contributed by atoms with van der Waals surface area (Å²) in [6.07, 6.45) is 0. The van der Waals surface area contributed by atoms with Crippen LogP contribution in [-0.4, -0.2) is 32.9 Å². The van der Waals surface area contributed by atoms with Crippen LogP contribution in [0, 0.1) is 0 Å². The summed E-state index contributed by atoms with van der Waals surface area (Å²) in [4.78, 5) is 14.1. The molecule has 128 valence electrons. The number of rotatable bonds is 4. The van der Waals surface area contributed by atoms with Gasteiger partial charge in [-0.15, -0.1) is 10.2 Å². The number of amides is 1. The van der Waals surface area contributed by atoms with Crippen LogP contribution in [0.25, 0.3) is 11.3 Å². The second-order valence-electron chi connectivity index (χ2n) is 6.24. The van der Waals surface area contributed by atoms with Crippen LogP contribution < -0.4 is 4.90 Å². The molecule has 1 aromatic carbocycles. The Balaban J connectivity index is 1.82. The van der Waals surface area contributed by atoms with Crippen molar-refractivity contribution in [3.63, 3.8) is 0 Å². The van der Waals surface area contributed by atoms with Crippen LogP contribution in [0.2, 0.25) is 0 Å². The molecule has 0 saturated carbocycles. The standard InChI is InChI=1S/C19H21N5O/c1-13(2)17-12-16(22-24(17)4)19(25)23(3)18-11-10-15(20-21-18)14-8-6-5-7-9-14/h5-13H,1-4H3. The van der Waals surface area contributed by atoms with E-state index in [0.717, 1.165) is 17.0 Å². The van der Waals surface area contributed by atoms with Crippen LogP contribution >= 0.6 is 0 Å². The number of hydrogen-bond acceptors (Lipinski definition) is 4. The van der Waals surface area contributed by atoms with Crippen LogP contribution in [0.15, 0.2) is 48.5 Å². The molecule has 25 heavy (non-hydrogen) atoms. The molecular weight excluding hydrogens is 314 g/mol. The third kappa shape index (κ3) is 3.42. The first kappa shape index (κ1) is 16.8. The first-order chi connectivity index (χ1) is 12.0. The molecule has 0 spiro atoms. The molecule has 2 aromatic heterocycles. The second kappa shape index (κ2) is 6.84. The lowest BCUT2D eigenvalue weighted by Gasteiger charge is -2.14. The lowest BCUT2D eigenvalue weighted by molar-refractivity contribution is 0.0986. The highest BCUT2D eigenvalue weighted by Gasteiger charge is 2.20. The highest BCUT2D eigenvalue weighted by atomic mass is 16.2. The molecule has 0 N–H and O–H groups in total. The summed E-state index contributed by atoms with van der Waals surface area (Å²) >= 11 is 0. The Morgan fingerprint density at radius 3 is 2.36 bits per heavy atom. The number of benzene rings is 1. The number of hydrogen-bond donors (Lipinski definition) is 0. The van der Waals surface area contributed by atoms with Crippen molar-refractivity contribution >= 4 is 11.7 Å². The predicted octanol–water partition coefficient (Wildman–Crippen LogP) is 3.28. The smallest absolute Gasteiger partial charge is 0.279 e. The molecule has 0 aliphatic rings. The van der Waals surface area contributed by atoms with Crippen molar-refractivity contribution < 1.29 is 4.79 Å². The second-order valence-corrected chi connectivity index (χ2v) is 6.24. The Morgan fingerprint density at radius 1 is 1.08 bits per heavy atom. The molecule has 0 atom stereocenters. The number of aromatic nitrogens is 4. The minimum Gasteiger partial charge on any atom is -0.293 e. The van der Waals surface area contributed by atoms with Crippen molar-refractivity contribution in [2.24, 2.45) is 7.05 Å². The maximum absolute atomic E-state index is 12.7. The SMILES string of the molecule is CC(C)c1cc(C(=O)N(C)c2ccc(-c3ccccc3)nn2)nn1C. The molecule has 1 amide bonds. The van der Waals surface area contributed by atoms with E-state index in [1.807, 2.05) is 49.5 Å². The van der Waals surface area contributed by atoms with E-state index < -0.39 is 0 Å². The molecule has 3 aromatic rings. The largest absolute Gasteiger partial charge is 0.293 e. The first-order valence-electron chi connectivity index (χ1n) is 8.18. The van der Waals surface area contributed by atoms with Gasteiger partial charge in [0, 0.05) is 25.4 Å². The highest BCUT2D eigenvalue weighted by molar-refractivity contribution is 6.03. The van der Waals surface area contributed by atoms with Gasteiger partial charge in [0.2, 0.25) is 0 Å². The molecule has 0 aliphatic heterocycles. The van der Waals surface area contributed by atoms with Gasteiger partial charge in [-0.25, -0.2) is 0 Å². The van der Waals surface area contributed by atoms with Crippen molar-refractivity contribution in [2.45, 2.75) is 19.8 Å². The summed E-state index contributed by atoms with van der Waals surface area (Å²) in [5, 5.41) is 12.7. The van der Waals surface area contributed by atoms with Gasteiger partial charge in [0.25, 0.3) is 5.91 Å². The Bertz CT molecular complexity index is 869. The van der Waals surface area contributed by atoms with Gasteiger partial charge < -0.3 is 0 Å². The molecule has 0 fully saturated rings. The summed E-state index contributed by atoms with van der Waals surface area (Å²) in [6.45, 7) is 4.14. The van der Waals surface area contributed by atoms with Gasteiger partial charge in [-0.05, 0) is 24.1 Å². The molecule has 6 heteroatoms. The third-order valence-electron chi connectivity index (χ3n) is 4.09. The number of nitrogens with zero attached hydrogens (tertiary/aromatic N) is 5. The van der Waals surface area contributed by atoms with Crippen molar-refractivity contribution in [1.29, 1.82) is 0 Å². The van der Waals surface area contributed by atoms with Gasteiger partial charge >= 0.3 is 0 Å². The number of carbonyl (C=O) groups excluding carboxylic acids is 1. The van der Waals surface area contributed by atoms with E-state index >= 15 is 0 Å². The third-order valence-corrected chi connectivity index (χ3v) is 4.09. The predicted molar refractivity (Wildman–Crippen MR) is 97.5 cm³/mol. The maximum Gasteiger partial charge on any atom is 0.279 e. The zero-order valence-corrected chi connectivity index (χ0v) is 14.8. The number of anilines is 1. The van der Waals surface area contributed by atoms with Crippen molar-refractivity contribution in [1.82, 2.24) is 20.0 Å². The maximum atomic E-state index is 12.7. The van der Waals surface area contributed by atoms with Gasteiger partial charge in [-0.3, -0.25) is 14.4 Å². The first-order valence-corrected chi connectivity index (χ1v) is 8.18. The average molecular weight is 335 g/mol. The molecule has 0 saturated heterocycles. The topological polar surface area (TPSA) is 63.9 Å². The van der Waals surface area contributed by atoms with Crippen LogP contribution in [0.3, 0.4) is 0 Å². The van der Waals surface area contributed by atoms with E-state index in [1.54, 1.807) is 17.8 Å². The van der Waals surface area contributed by atoms with E-state index in [0.29, 0.717) is 17.4 Å². The fourth-order valence-electron chi connectivity index (χ4n) is 2.67. The Hall–Kier alpha value is -3.02. The van der Waals surface area contributed by atoms with E-state index in [2.05, 4.69) is 29.1 Å². The lowest BCUT2D eigenvalue weighted by atomic mass is 10.1. The minimum atomic E-state index is -0.204. The van der Waals surface area contributed by atoms with Gasteiger partial charge in [0.1, 0.15) is 0 Å². The van der Waals surface area contributed by atoms with Gasteiger partial charge in [-0.1, -0.05) is 44.2 Å². The molecular formula is C19H21N5O. The number of aryl methyl sites for hydroxylation is 1. The normalized spacial score (nSPS) is 10.9. The lowest BCUT2D eigenvalue weighted by Crippen LogP contribution is -2.27. The molecule has 0 bridgehead atoms. The summed E-state index contributed by atoms with van der Waals surface area (Å²) < 4.78 is 1.75. The van der Waals surface area contributed by atoms with Gasteiger partial charge in [0.05, 0.1) is 5.69 Å². The summed E-state index contributed by atoms with van der Waals surface area (Å²) in [5.74, 6) is 0.583. The van der Waals surface area contributed by atoms with E-state index in [1.165, 1.54) is 4.90 Å². The van der Waals surface area contributed by atoms with E-state index in [4.69, 9.17) is 0 Å². The highest BCUT2D eigenvalue weighted by Crippen LogP contribution is 2.20. The van der Waals surface area contributed by atoms with Crippen molar-refractivity contribution in [3.8, 4) is 11.3 Å².